The third-order valence-electron chi connectivity index (χ3n) is 5.09. The van der Waals surface area contributed by atoms with E-state index in [0.29, 0.717) is 17.6 Å². The lowest BCUT2D eigenvalue weighted by molar-refractivity contribution is -0.861. The van der Waals surface area contributed by atoms with Crippen molar-refractivity contribution in [2.24, 2.45) is 29.6 Å². The monoisotopic (exact) mass is 208 g/mol. The van der Waals surface area contributed by atoms with Gasteiger partial charge in [0.25, 0.3) is 0 Å². The van der Waals surface area contributed by atoms with Crippen LogP contribution in [0.15, 0.2) is 0 Å². The maximum absolute atomic E-state index is 12.2. The van der Waals surface area contributed by atoms with Crippen molar-refractivity contribution in [3.05, 3.63) is 0 Å². The smallest absolute Gasteiger partial charge is 0.145 e. The predicted octanol–water partition coefficient (Wildman–Crippen LogP) is 0.382. The maximum Gasteiger partial charge on any atom is 0.145 e. The van der Waals surface area contributed by atoms with Gasteiger partial charge in [-0.3, -0.25) is 4.79 Å². The molecule has 5 atom stereocenters. The van der Waals surface area contributed by atoms with Crippen LogP contribution in [-0.2, 0) is 4.79 Å². The SMILES string of the molecule is C[NH+](C)C[C@H]1C(=O)[C@H]2C[C@@H]1[C@H]1CCC[C@H]12. The first-order valence-electron chi connectivity index (χ1n) is 6.51. The van der Waals surface area contributed by atoms with Gasteiger partial charge in [0.1, 0.15) is 5.78 Å². The highest BCUT2D eigenvalue weighted by Gasteiger charge is 2.59. The second-order valence-electron chi connectivity index (χ2n) is 6.18. The molecule has 15 heavy (non-hydrogen) atoms. The fourth-order valence-corrected chi connectivity index (χ4v) is 4.66. The van der Waals surface area contributed by atoms with E-state index in [9.17, 15) is 4.79 Å². The Morgan fingerprint density at radius 2 is 1.93 bits per heavy atom. The minimum atomic E-state index is 0.416. The molecule has 3 saturated carbocycles. The Bertz CT molecular complexity index is 286. The first kappa shape index (κ1) is 9.83. The van der Waals surface area contributed by atoms with Crippen LogP contribution in [0.2, 0.25) is 0 Å². The topological polar surface area (TPSA) is 21.5 Å². The Hall–Kier alpha value is -0.370. The number of rotatable bonds is 2. The number of fused-ring (bicyclic) bond motifs is 5. The molecule has 0 aromatic rings. The molecule has 2 bridgehead atoms. The molecule has 0 saturated heterocycles. The lowest BCUT2D eigenvalue weighted by Crippen LogP contribution is -3.06. The summed E-state index contributed by atoms with van der Waals surface area (Å²) in [7, 11) is 4.34. The number of nitrogens with one attached hydrogen (secondary N) is 1. The highest BCUT2D eigenvalue weighted by molar-refractivity contribution is 5.87. The molecule has 3 fully saturated rings. The van der Waals surface area contributed by atoms with E-state index in [1.165, 1.54) is 30.6 Å². The van der Waals surface area contributed by atoms with Gasteiger partial charge >= 0.3 is 0 Å². The first-order valence-corrected chi connectivity index (χ1v) is 6.51. The third kappa shape index (κ3) is 1.30. The highest BCUT2D eigenvalue weighted by Crippen LogP contribution is 2.58. The molecule has 0 spiro atoms. The standard InChI is InChI=1S/C13H21NO/c1-14(2)7-12-10-6-11(13(12)15)9-5-3-4-8(9)10/h8-12H,3-7H2,1-2H3/p+1/t8-,9+,10+,11-,12+/m0/s1. The van der Waals surface area contributed by atoms with Crippen LogP contribution in [0.4, 0.5) is 0 Å². The average Bonchev–Trinajstić information content (AvgIpc) is 2.77. The van der Waals surface area contributed by atoms with Crippen molar-refractivity contribution in [3.63, 3.8) is 0 Å². The van der Waals surface area contributed by atoms with Crippen LogP contribution in [0.3, 0.4) is 0 Å². The van der Waals surface area contributed by atoms with E-state index < -0.39 is 0 Å². The van der Waals surface area contributed by atoms with Crippen molar-refractivity contribution in [1.29, 1.82) is 0 Å². The van der Waals surface area contributed by atoms with Gasteiger partial charge in [-0.05, 0) is 37.0 Å². The van der Waals surface area contributed by atoms with Gasteiger partial charge in [-0.25, -0.2) is 0 Å². The zero-order valence-corrected chi connectivity index (χ0v) is 9.83. The molecule has 0 amide bonds. The van der Waals surface area contributed by atoms with Crippen molar-refractivity contribution < 1.29 is 9.69 Å². The molecule has 0 radical (unpaired) electrons. The molecule has 2 nitrogen and oxygen atoms in total. The summed E-state index contributed by atoms with van der Waals surface area (Å²) in [6, 6.07) is 0. The Kier molecular flexibility index (Phi) is 2.17. The lowest BCUT2D eigenvalue weighted by Gasteiger charge is -2.30. The van der Waals surface area contributed by atoms with Gasteiger partial charge in [0, 0.05) is 5.92 Å². The number of hydrogen-bond acceptors (Lipinski definition) is 1. The van der Waals surface area contributed by atoms with Crippen molar-refractivity contribution in [3.8, 4) is 0 Å². The van der Waals surface area contributed by atoms with Gasteiger partial charge in [-0.1, -0.05) is 6.42 Å². The Morgan fingerprint density at radius 1 is 1.20 bits per heavy atom. The molecule has 2 heteroatoms. The normalized spacial score (nSPS) is 47.9. The highest BCUT2D eigenvalue weighted by atomic mass is 16.1. The second kappa shape index (κ2) is 3.31. The van der Waals surface area contributed by atoms with Crippen LogP contribution in [-0.4, -0.2) is 26.4 Å². The lowest BCUT2D eigenvalue weighted by atomic mass is 9.75. The van der Waals surface area contributed by atoms with Crippen LogP contribution in [0.1, 0.15) is 25.7 Å². The molecule has 3 aliphatic carbocycles. The van der Waals surface area contributed by atoms with E-state index in [0.717, 1.165) is 24.3 Å². The summed E-state index contributed by atoms with van der Waals surface area (Å²) in [5, 5.41) is 0. The minimum absolute atomic E-state index is 0.416. The number of carbonyl (C=O) groups excluding carboxylic acids is 1. The summed E-state index contributed by atoms with van der Waals surface area (Å²) in [5.74, 6) is 4.02. The van der Waals surface area contributed by atoms with Gasteiger partial charge in [-0.2, -0.15) is 0 Å². The van der Waals surface area contributed by atoms with E-state index in [-0.39, 0.29) is 0 Å². The summed E-state index contributed by atoms with van der Waals surface area (Å²) in [6.45, 7) is 1.07. The molecule has 1 N–H and O–H groups in total. The Balaban J connectivity index is 1.81. The fraction of sp³-hybridized carbons (Fsp3) is 0.923. The van der Waals surface area contributed by atoms with Gasteiger partial charge in [0.2, 0.25) is 0 Å². The van der Waals surface area contributed by atoms with Crippen LogP contribution < -0.4 is 4.90 Å². The third-order valence-corrected chi connectivity index (χ3v) is 5.09. The van der Waals surface area contributed by atoms with E-state index in [2.05, 4.69) is 14.1 Å². The maximum atomic E-state index is 12.2. The summed E-state index contributed by atoms with van der Waals surface area (Å²) in [5.41, 5.74) is 0. The fourth-order valence-electron chi connectivity index (χ4n) is 4.66. The van der Waals surface area contributed by atoms with Crippen LogP contribution in [0, 0.1) is 29.6 Å². The van der Waals surface area contributed by atoms with E-state index >= 15 is 0 Å². The van der Waals surface area contributed by atoms with Crippen molar-refractivity contribution >= 4 is 5.78 Å². The minimum Gasteiger partial charge on any atom is -0.339 e. The molecule has 0 aromatic carbocycles. The molecule has 3 aliphatic rings. The number of ketones is 1. The van der Waals surface area contributed by atoms with Crippen LogP contribution >= 0.6 is 0 Å². The number of hydrogen-bond donors (Lipinski definition) is 1. The van der Waals surface area contributed by atoms with Gasteiger partial charge in [0.05, 0.1) is 26.6 Å². The molecule has 3 rings (SSSR count). The van der Waals surface area contributed by atoms with Gasteiger partial charge in [0.15, 0.2) is 0 Å². The van der Waals surface area contributed by atoms with Crippen molar-refractivity contribution in [2.45, 2.75) is 25.7 Å². The number of Topliss-reactive ketones (excluding diaryl/α,β-unsaturated/α-hetero) is 1. The largest absolute Gasteiger partial charge is 0.339 e. The van der Waals surface area contributed by atoms with Gasteiger partial charge < -0.3 is 4.90 Å². The molecule has 0 unspecified atom stereocenters. The quantitative estimate of drug-likeness (QED) is 0.696. The predicted molar refractivity (Wildman–Crippen MR) is 58.6 cm³/mol. The Morgan fingerprint density at radius 3 is 2.67 bits per heavy atom. The van der Waals surface area contributed by atoms with E-state index in [4.69, 9.17) is 0 Å². The van der Waals surface area contributed by atoms with Crippen LogP contribution in [0.25, 0.3) is 0 Å². The van der Waals surface area contributed by atoms with Crippen molar-refractivity contribution in [2.75, 3.05) is 20.6 Å². The van der Waals surface area contributed by atoms with E-state index in [1.54, 1.807) is 0 Å². The molecule has 84 valence electrons. The molecular weight excluding hydrogens is 186 g/mol. The summed E-state index contributed by atoms with van der Waals surface area (Å²) >= 11 is 0. The van der Waals surface area contributed by atoms with Gasteiger partial charge in [-0.15, -0.1) is 0 Å². The summed E-state index contributed by atoms with van der Waals surface area (Å²) in [4.78, 5) is 13.7. The first-order chi connectivity index (χ1) is 7.18. The zero-order valence-electron chi connectivity index (χ0n) is 9.83. The molecule has 0 aromatic heterocycles. The van der Waals surface area contributed by atoms with E-state index in [1.807, 2.05) is 0 Å². The number of quaternary nitrogens is 1. The van der Waals surface area contributed by atoms with Crippen molar-refractivity contribution in [1.82, 2.24) is 0 Å². The average molecular weight is 208 g/mol. The second-order valence-corrected chi connectivity index (χ2v) is 6.18. The summed E-state index contributed by atoms with van der Waals surface area (Å²) < 4.78 is 0. The molecule has 0 heterocycles. The number of carbonyl (C=O) groups is 1. The zero-order chi connectivity index (χ0) is 10.6. The Labute approximate surface area is 92.0 Å². The summed E-state index contributed by atoms with van der Waals surface area (Å²) in [6.07, 6.45) is 5.39. The molecule has 0 aliphatic heterocycles. The molecular formula is C13H22NO+. The van der Waals surface area contributed by atoms with Crippen LogP contribution in [0.5, 0.6) is 0 Å².